The molecule has 0 radical (unpaired) electrons. The number of piperidine rings is 1. The maximum absolute atomic E-state index is 12.8. The lowest BCUT2D eigenvalue weighted by molar-refractivity contribution is -0.872. The molecule has 1 fully saturated rings. The number of esters is 2. The fourth-order valence-electron chi connectivity index (χ4n) is 7.75. The topological polar surface area (TPSA) is 139 Å². The number of ketones is 2. The van der Waals surface area contributed by atoms with E-state index < -0.39 is 0 Å². The van der Waals surface area contributed by atoms with Crippen molar-refractivity contribution in [2.24, 2.45) is 28.7 Å². The van der Waals surface area contributed by atoms with E-state index >= 15 is 0 Å². The van der Waals surface area contributed by atoms with Gasteiger partial charge in [-0.15, -0.1) is 0 Å². The Balaban J connectivity index is 0.000000324. The smallest absolute Gasteiger partial charge is 0.308 e. The first-order valence-electron chi connectivity index (χ1n) is 20.4. The second kappa shape index (κ2) is 24.5. The molecule has 2 aromatic carbocycles. The highest BCUT2D eigenvalue weighted by atomic mass is 127. The second-order valence-electron chi connectivity index (χ2n) is 16.3. The van der Waals surface area contributed by atoms with Gasteiger partial charge in [0.1, 0.15) is 11.6 Å². The van der Waals surface area contributed by atoms with Gasteiger partial charge in [-0.2, -0.15) is 0 Å². The summed E-state index contributed by atoms with van der Waals surface area (Å²) in [4.78, 5) is 54.5. The molecule has 0 spiro atoms. The predicted molar refractivity (Wildman–Crippen MR) is 224 cm³/mol. The summed E-state index contributed by atoms with van der Waals surface area (Å²) in [5.41, 5.74) is 4.79. The zero-order valence-corrected chi connectivity index (χ0v) is 39.5. The predicted octanol–water partition coefficient (Wildman–Crippen LogP) is 2.95. The van der Waals surface area contributed by atoms with Gasteiger partial charge in [-0.1, -0.05) is 13.8 Å². The number of hydrogen-bond donors (Lipinski definition) is 0. The molecule has 5 atom stereocenters. The highest BCUT2D eigenvalue weighted by molar-refractivity contribution is 5.85. The van der Waals surface area contributed by atoms with Crippen LogP contribution in [0.5, 0.6) is 23.0 Å². The lowest BCUT2D eigenvalue weighted by atomic mass is 9.80. The molecule has 330 valence electrons. The molecule has 14 heteroatoms. The number of fused-ring (bicyclic) bond motifs is 4. The van der Waals surface area contributed by atoms with Gasteiger partial charge in [0.25, 0.3) is 0 Å². The van der Waals surface area contributed by atoms with E-state index in [4.69, 9.17) is 28.4 Å². The molecule has 0 saturated carbocycles. The number of rotatable bonds is 15. The number of halogens is 1. The van der Waals surface area contributed by atoms with Crippen molar-refractivity contribution in [1.29, 1.82) is 0 Å². The standard InChI is InChI=1S/C21H29NO5.C13H26NO3.C11H13NO2.HI/c1-5-27-21(24)13(2)8-15-12-22-7-6-14-9-19(25-3)20(26-4)10-16(14)17(22)11-18(15)23;1-7-17-13(16)10(2)8-12(11(3)15)9-14(4,5)6;1-13-10-5-8-3-4-12-7-9(8)6-11(10)14-2;/h9-10,13,15,17H,5-8,11-12H2,1-4H3;10,12H,7-9H2,1-6H3;5-7H,3-4H2,1-2H3;1H/q;+1;;/p-1/t13?,15-,17-;;;/m0.../s1. The molecule has 0 aromatic heterocycles. The van der Waals surface area contributed by atoms with Crippen molar-refractivity contribution in [1.82, 2.24) is 4.90 Å². The van der Waals surface area contributed by atoms with Gasteiger partial charge in [0.05, 0.1) is 87.1 Å². The SMILES string of the molecule is CCOC(=O)C(C)CC(C[N+](C)(C)C)C(C)=O.CCOC(=O)C(C)C[C@H]1CN2CCc3cc(OC)c(OC)cc3[C@@H]2CC1=O.COc1cc2c(cc1OC)CCN=C2.[I-]. The Labute approximate surface area is 369 Å². The monoisotopic (exact) mass is 937 g/mol. The normalized spacial score (nSPS) is 18.2. The molecule has 1 saturated heterocycles. The van der Waals surface area contributed by atoms with E-state index in [1.807, 2.05) is 65.5 Å². The molecule has 59 heavy (non-hydrogen) atoms. The van der Waals surface area contributed by atoms with Crippen LogP contribution in [0.1, 0.15) is 82.2 Å². The highest BCUT2D eigenvalue weighted by Crippen LogP contribution is 2.42. The van der Waals surface area contributed by atoms with Gasteiger partial charge in [0, 0.05) is 44.2 Å². The van der Waals surface area contributed by atoms with Gasteiger partial charge in [-0.3, -0.25) is 29.1 Å². The molecular weight excluding hydrogens is 869 g/mol. The lowest BCUT2D eigenvalue weighted by Crippen LogP contribution is -3.00. The first kappa shape index (κ1) is 51.4. The van der Waals surface area contributed by atoms with E-state index in [-0.39, 0.29) is 77.2 Å². The number of hydrogen-bond acceptors (Lipinski definition) is 12. The molecule has 5 rings (SSSR count). The van der Waals surface area contributed by atoms with Gasteiger partial charge in [-0.05, 0) is 93.0 Å². The number of benzene rings is 2. The van der Waals surface area contributed by atoms with Crippen molar-refractivity contribution in [2.75, 3.05) is 89.0 Å². The van der Waals surface area contributed by atoms with Crippen LogP contribution in [0, 0.1) is 23.7 Å². The number of methoxy groups -OCH3 is 4. The number of carbonyl (C=O) groups excluding carboxylic acids is 4. The molecule has 2 aromatic rings. The Kier molecular flexibility index (Phi) is 21.3. The van der Waals surface area contributed by atoms with Crippen LogP contribution < -0.4 is 42.9 Å². The van der Waals surface area contributed by atoms with Crippen LogP contribution in [0.2, 0.25) is 0 Å². The Hall–Kier alpha value is -3.76. The summed E-state index contributed by atoms with van der Waals surface area (Å²) in [5.74, 6) is 2.29. The Morgan fingerprint density at radius 3 is 1.90 bits per heavy atom. The third kappa shape index (κ3) is 15.0. The number of aliphatic imine (C=N–C) groups is 1. The summed E-state index contributed by atoms with van der Waals surface area (Å²) in [5, 5.41) is 0. The zero-order valence-electron chi connectivity index (χ0n) is 37.4. The van der Waals surface area contributed by atoms with Gasteiger partial charge in [0.2, 0.25) is 0 Å². The van der Waals surface area contributed by atoms with Gasteiger partial charge >= 0.3 is 11.9 Å². The van der Waals surface area contributed by atoms with Crippen molar-refractivity contribution < 1.29 is 76.1 Å². The summed E-state index contributed by atoms with van der Waals surface area (Å²) in [6, 6.07) is 8.12. The minimum atomic E-state index is -0.253. The van der Waals surface area contributed by atoms with Crippen molar-refractivity contribution in [3.63, 3.8) is 0 Å². The van der Waals surface area contributed by atoms with Gasteiger partial charge in [-0.25, -0.2) is 0 Å². The summed E-state index contributed by atoms with van der Waals surface area (Å²) >= 11 is 0. The maximum Gasteiger partial charge on any atom is 0.308 e. The minimum absolute atomic E-state index is 0. The molecule has 13 nitrogen and oxygen atoms in total. The first-order chi connectivity index (χ1) is 27.5. The molecule has 0 amide bonds. The van der Waals surface area contributed by atoms with Gasteiger partial charge in [0.15, 0.2) is 23.0 Å². The zero-order chi connectivity index (χ0) is 43.2. The average Bonchev–Trinajstić information content (AvgIpc) is 3.19. The van der Waals surface area contributed by atoms with Crippen molar-refractivity contribution in [3.8, 4) is 23.0 Å². The molecule has 3 aliphatic rings. The van der Waals surface area contributed by atoms with Crippen LogP contribution in [-0.4, -0.2) is 128 Å². The summed E-state index contributed by atoms with van der Waals surface area (Å²) in [6.07, 6.45) is 5.39. The molecule has 0 N–H and O–H groups in total. The largest absolute Gasteiger partial charge is 1.00 e. The van der Waals surface area contributed by atoms with Crippen molar-refractivity contribution in [3.05, 3.63) is 46.5 Å². The fraction of sp³-hybridized carbons (Fsp3) is 0.622. The molecule has 3 unspecified atom stereocenters. The second-order valence-corrected chi connectivity index (χ2v) is 16.3. The van der Waals surface area contributed by atoms with E-state index in [1.165, 1.54) is 11.1 Å². The van der Waals surface area contributed by atoms with E-state index in [0.29, 0.717) is 44.8 Å². The van der Waals surface area contributed by atoms with E-state index in [1.54, 1.807) is 49.2 Å². The number of Topliss-reactive ketones (excluding diaryl/α,β-unsaturated/α-hetero) is 2. The van der Waals surface area contributed by atoms with Crippen LogP contribution in [0.25, 0.3) is 0 Å². The quantitative estimate of drug-likeness (QED) is 0.148. The van der Waals surface area contributed by atoms with Crippen molar-refractivity contribution >= 4 is 29.7 Å². The van der Waals surface area contributed by atoms with Crippen LogP contribution in [0.15, 0.2) is 29.3 Å². The number of quaternary nitrogens is 1. The third-order valence-electron chi connectivity index (χ3n) is 10.8. The molecule has 0 aliphatic carbocycles. The maximum atomic E-state index is 12.8. The van der Waals surface area contributed by atoms with Crippen LogP contribution >= 0.6 is 0 Å². The summed E-state index contributed by atoms with van der Waals surface area (Å²) in [6.45, 7) is 12.8. The minimum Gasteiger partial charge on any atom is -1.00 e. The fourth-order valence-corrected chi connectivity index (χ4v) is 7.75. The summed E-state index contributed by atoms with van der Waals surface area (Å²) in [7, 11) is 12.7. The third-order valence-corrected chi connectivity index (χ3v) is 10.8. The molecule has 0 bridgehead atoms. The van der Waals surface area contributed by atoms with Crippen LogP contribution in [0.3, 0.4) is 0 Å². The van der Waals surface area contributed by atoms with E-state index in [0.717, 1.165) is 65.3 Å². The van der Waals surface area contributed by atoms with E-state index in [2.05, 4.69) is 9.89 Å². The number of carbonyl (C=O) groups is 4. The summed E-state index contributed by atoms with van der Waals surface area (Å²) < 4.78 is 32.1. The Bertz CT molecular complexity index is 1740. The molecular formula is C45H68IN3O10. The van der Waals surface area contributed by atoms with E-state index in [9.17, 15) is 19.2 Å². The van der Waals surface area contributed by atoms with Gasteiger partial charge < -0.3 is 56.9 Å². The highest BCUT2D eigenvalue weighted by Gasteiger charge is 2.39. The Morgan fingerprint density at radius 1 is 0.814 bits per heavy atom. The number of ether oxygens (including phenoxy) is 6. The average molecular weight is 938 g/mol. The molecule has 3 heterocycles. The number of nitrogens with zero attached hydrogens (tertiary/aromatic N) is 3. The van der Waals surface area contributed by atoms with Crippen molar-refractivity contribution in [2.45, 2.75) is 72.8 Å². The molecule has 3 aliphatic heterocycles. The Morgan fingerprint density at radius 2 is 1.36 bits per heavy atom. The van der Waals surface area contributed by atoms with Crippen LogP contribution in [0.4, 0.5) is 0 Å². The first-order valence-corrected chi connectivity index (χ1v) is 20.4. The van der Waals surface area contributed by atoms with Crippen LogP contribution in [-0.2, 0) is 41.5 Å². The lowest BCUT2D eigenvalue weighted by Gasteiger charge is -2.43.